The highest BCUT2D eigenvalue weighted by Gasteiger charge is 2.32. The first kappa shape index (κ1) is 9.41. The van der Waals surface area contributed by atoms with Gasteiger partial charge in [0.25, 0.3) is 0 Å². The second kappa shape index (κ2) is 3.21. The maximum absolute atomic E-state index is 10.8. The fourth-order valence-electron chi connectivity index (χ4n) is 2.10. The van der Waals surface area contributed by atoms with Crippen molar-refractivity contribution in [2.75, 3.05) is 0 Å². The average molecular weight is 190 g/mol. The molecule has 0 bridgehead atoms. The summed E-state index contributed by atoms with van der Waals surface area (Å²) in [4.78, 5) is 10.8. The Labute approximate surface area is 83.6 Å². The molecule has 0 radical (unpaired) electrons. The van der Waals surface area contributed by atoms with Crippen LogP contribution in [0.3, 0.4) is 0 Å². The Hall–Kier alpha value is -1.15. The lowest BCUT2D eigenvalue weighted by atomic mass is 9.80. The van der Waals surface area contributed by atoms with Gasteiger partial charge in [-0.15, -0.1) is 0 Å². The SMILES string of the molecule is Cc1cccc2c1CC(O)(C=O)CC2. The molecule has 2 nitrogen and oxygen atoms in total. The van der Waals surface area contributed by atoms with Crippen LogP contribution < -0.4 is 0 Å². The molecule has 0 amide bonds. The number of rotatable bonds is 1. The van der Waals surface area contributed by atoms with Gasteiger partial charge in [0.15, 0.2) is 6.29 Å². The second-order valence-corrected chi connectivity index (χ2v) is 4.11. The van der Waals surface area contributed by atoms with Gasteiger partial charge in [-0.05, 0) is 36.5 Å². The van der Waals surface area contributed by atoms with Crippen molar-refractivity contribution in [2.24, 2.45) is 0 Å². The Bertz CT molecular complexity index is 371. The van der Waals surface area contributed by atoms with E-state index in [0.717, 1.165) is 12.0 Å². The highest BCUT2D eigenvalue weighted by Crippen LogP contribution is 2.29. The highest BCUT2D eigenvalue weighted by atomic mass is 16.3. The average Bonchev–Trinajstić information content (AvgIpc) is 2.20. The van der Waals surface area contributed by atoms with E-state index in [-0.39, 0.29) is 0 Å². The third kappa shape index (κ3) is 1.46. The molecule has 0 saturated heterocycles. The summed E-state index contributed by atoms with van der Waals surface area (Å²) in [6, 6.07) is 6.13. The molecule has 2 heteroatoms. The van der Waals surface area contributed by atoms with Crippen LogP contribution in [-0.4, -0.2) is 17.0 Å². The number of benzene rings is 1. The van der Waals surface area contributed by atoms with Crippen LogP contribution in [0.15, 0.2) is 18.2 Å². The van der Waals surface area contributed by atoms with Gasteiger partial charge in [0.1, 0.15) is 5.60 Å². The first-order chi connectivity index (χ1) is 6.64. The molecule has 1 unspecified atom stereocenters. The monoisotopic (exact) mass is 190 g/mol. The molecule has 2 rings (SSSR count). The predicted octanol–water partition coefficient (Wildman–Crippen LogP) is 1.41. The summed E-state index contributed by atoms with van der Waals surface area (Å²) in [6.07, 6.45) is 2.50. The van der Waals surface area contributed by atoms with Gasteiger partial charge in [0, 0.05) is 6.42 Å². The van der Waals surface area contributed by atoms with Crippen LogP contribution in [-0.2, 0) is 17.6 Å². The number of aldehydes is 1. The third-order valence-corrected chi connectivity index (χ3v) is 3.04. The number of aryl methyl sites for hydroxylation is 2. The van der Waals surface area contributed by atoms with Gasteiger partial charge >= 0.3 is 0 Å². The first-order valence-corrected chi connectivity index (χ1v) is 4.91. The van der Waals surface area contributed by atoms with E-state index in [2.05, 4.69) is 6.07 Å². The van der Waals surface area contributed by atoms with E-state index in [4.69, 9.17) is 0 Å². The molecule has 1 aliphatic rings. The lowest BCUT2D eigenvalue weighted by Crippen LogP contribution is -2.37. The van der Waals surface area contributed by atoms with Crippen LogP contribution in [0.25, 0.3) is 0 Å². The van der Waals surface area contributed by atoms with Gasteiger partial charge in [-0.1, -0.05) is 18.2 Å². The Morgan fingerprint density at radius 2 is 2.29 bits per heavy atom. The van der Waals surface area contributed by atoms with Crippen molar-refractivity contribution < 1.29 is 9.90 Å². The van der Waals surface area contributed by atoms with Crippen molar-refractivity contribution in [1.29, 1.82) is 0 Å². The summed E-state index contributed by atoms with van der Waals surface area (Å²) >= 11 is 0. The summed E-state index contributed by atoms with van der Waals surface area (Å²) in [5.74, 6) is 0. The lowest BCUT2D eigenvalue weighted by Gasteiger charge is -2.29. The second-order valence-electron chi connectivity index (χ2n) is 4.11. The van der Waals surface area contributed by atoms with Gasteiger partial charge in [0.2, 0.25) is 0 Å². The first-order valence-electron chi connectivity index (χ1n) is 4.91. The van der Waals surface area contributed by atoms with E-state index in [1.165, 1.54) is 11.1 Å². The molecular weight excluding hydrogens is 176 g/mol. The normalized spacial score (nSPS) is 25.6. The fraction of sp³-hybridized carbons (Fsp3) is 0.417. The van der Waals surface area contributed by atoms with Gasteiger partial charge in [-0.2, -0.15) is 0 Å². The Kier molecular flexibility index (Phi) is 2.16. The van der Waals surface area contributed by atoms with Crippen molar-refractivity contribution >= 4 is 6.29 Å². The van der Waals surface area contributed by atoms with E-state index in [1.54, 1.807) is 0 Å². The van der Waals surface area contributed by atoms with Crippen LogP contribution >= 0.6 is 0 Å². The maximum Gasteiger partial charge on any atom is 0.151 e. The van der Waals surface area contributed by atoms with Crippen molar-refractivity contribution in [1.82, 2.24) is 0 Å². The molecule has 0 fully saturated rings. The zero-order chi connectivity index (χ0) is 10.2. The molecule has 0 aliphatic heterocycles. The van der Waals surface area contributed by atoms with Crippen LogP contribution in [0.1, 0.15) is 23.1 Å². The van der Waals surface area contributed by atoms with E-state index < -0.39 is 5.60 Å². The molecule has 1 N–H and O–H groups in total. The number of hydrogen-bond acceptors (Lipinski definition) is 2. The molecule has 74 valence electrons. The third-order valence-electron chi connectivity index (χ3n) is 3.04. The highest BCUT2D eigenvalue weighted by molar-refractivity contribution is 5.64. The molecule has 0 heterocycles. The van der Waals surface area contributed by atoms with E-state index in [9.17, 15) is 9.90 Å². The summed E-state index contributed by atoms with van der Waals surface area (Å²) in [7, 11) is 0. The minimum absolute atomic E-state index is 0.471. The van der Waals surface area contributed by atoms with Crippen LogP contribution in [0.5, 0.6) is 0 Å². The van der Waals surface area contributed by atoms with E-state index in [0.29, 0.717) is 19.1 Å². The number of hydrogen-bond donors (Lipinski definition) is 1. The zero-order valence-corrected chi connectivity index (χ0v) is 8.29. The molecule has 1 aliphatic carbocycles. The number of carbonyl (C=O) groups excluding carboxylic acids is 1. The Morgan fingerprint density at radius 1 is 1.50 bits per heavy atom. The zero-order valence-electron chi connectivity index (χ0n) is 8.29. The largest absolute Gasteiger partial charge is 0.382 e. The van der Waals surface area contributed by atoms with Crippen molar-refractivity contribution in [3.05, 3.63) is 34.9 Å². The smallest absolute Gasteiger partial charge is 0.151 e. The van der Waals surface area contributed by atoms with Gasteiger partial charge in [0.05, 0.1) is 0 Å². The molecule has 1 atom stereocenters. The molecule has 1 aromatic carbocycles. The molecule has 14 heavy (non-hydrogen) atoms. The molecule has 0 spiro atoms. The fourth-order valence-corrected chi connectivity index (χ4v) is 2.10. The molecule has 1 aromatic rings. The van der Waals surface area contributed by atoms with Gasteiger partial charge in [-0.25, -0.2) is 0 Å². The quantitative estimate of drug-likeness (QED) is 0.680. The summed E-state index contributed by atoms with van der Waals surface area (Å²) < 4.78 is 0. The Balaban J connectivity index is 2.43. The number of fused-ring (bicyclic) bond motifs is 1. The predicted molar refractivity (Wildman–Crippen MR) is 54.2 cm³/mol. The summed E-state index contributed by atoms with van der Waals surface area (Å²) in [5.41, 5.74) is 2.46. The molecule has 0 aromatic heterocycles. The minimum atomic E-state index is -1.13. The van der Waals surface area contributed by atoms with Crippen molar-refractivity contribution in [2.45, 2.75) is 31.8 Å². The maximum atomic E-state index is 10.8. The van der Waals surface area contributed by atoms with Crippen LogP contribution in [0.4, 0.5) is 0 Å². The lowest BCUT2D eigenvalue weighted by molar-refractivity contribution is -0.125. The van der Waals surface area contributed by atoms with Crippen molar-refractivity contribution in [3.63, 3.8) is 0 Å². The molecule has 0 saturated carbocycles. The molecular formula is C12H14O2. The number of carbonyl (C=O) groups is 1. The van der Waals surface area contributed by atoms with E-state index >= 15 is 0 Å². The van der Waals surface area contributed by atoms with E-state index in [1.807, 2.05) is 19.1 Å². The topological polar surface area (TPSA) is 37.3 Å². The summed E-state index contributed by atoms with van der Waals surface area (Å²) in [5, 5.41) is 9.88. The van der Waals surface area contributed by atoms with Crippen LogP contribution in [0.2, 0.25) is 0 Å². The standard InChI is InChI=1S/C12H14O2/c1-9-3-2-4-10-5-6-12(14,8-13)7-11(9)10/h2-4,8,14H,5-7H2,1H3. The Morgan fingerprint density at radius 3 is 3.00 bits per heavy atom. The van der Waals surface area contributed by atoms with Gasteiger partial charge < -0.3 is 9.90 Å². The van der Waals surface area contributed by atoms with Crippen molar-refractivity contribution in [3.8, 4) is 0 Å². The number of aliphatic hydroxyl groups is 1. The van der Waals surface area contributed by atoms with Crippen LogP contribution in [0, 0.1) is 6.92 Å². The van der Waals surface area contributed by atoms with Gasteiger partial charge in [-0.3, -0.25) is 0 Å². The summed E-state index contributed by atoms with van der Waals surface area (Å²) in [6.45, 7) is 2.02. The minimum Gasteiger partial charge on any atom is -0.382 e.